The highest BCUT2D eigenvalue weighted by atomic mass is 16.3. The third kappa shape index (κ3) is 1.92. The minimum absolute atomic E-state index is 0.463. The fourth-order valence-electron chi connectivity index (χ4n) is 6.28. The van der Waals surface area contributed by atoms with Crippen LogP contribution in [0, 0.1) is 41.4 Å². The molecule has 1 nitrogen and oxygen atoms in total. The van der Waals surface area contributed by atoms with Crippen LogP contribution in [-0.4, -0.2) is 10.7 Å². The quantitative estimate of drug-likeness (QED) is 0.598. The smallest absolute Gasteiger partial charge is 0.0591 e. The number of hydrogen-bond donors (Lipinski definition) is 1. The van der Waals surface area contributed by atoms with Crippen molar-refractivity contribution in [3.05, 3.63) is 12.2 Å². The highest BCUT2D eigenvalue weighted by molar-refractivity contribution is 5.20. The number of allylic oxidation sites excluding steroid dienone is 2. The number of fused-ring (bicyclic) bond motifs is 9. The van der Waals surface area contributed by atoms with Crippen molar-refractivity contribution in [1.82, 2.24) is 0 Å². The van der Waals surface area contributed by atoms with Crippen LogP contribution in [0.4, 0.5) is 0 Å². The first-order valence-corrected chi connectivity index (χ1v) is 8.43. The lowest BCUT2D eigenvalue weighted by atomic mass is 9.68. The summed E-state index contributed by atoms with van der Waals surface area (Å²) in [6, 6.07) is 0. The van der Waals surface area contributed by atoms with Gasteiger partial charge in [-0.05, 0) is 81.0 Å². The Morgan fingerprint density at radius 2 is 1.79 bits per heavy atom. The molecule has 0 aromatic carbocycles. The molecule has 0 radical (unpaired) electrons. The van der Waals surface area contributed by atoms with E-state index >= 15 is 0 Å². The molecule has 0 spiro atoms. The SMILES string of the molecule is CC(C)(O)CCCC1CC2CC1C1C3C=CC(C3)C21. The van der Waals surface area contributed by atoms with Gasteiger partial charge < -0.3 is 5.11 Å². The summed E-state index contributed by atoms with van der Waals surface area (Å²) in [5.74, 6) is 7.12. The molecular weight excluding hydrogens is 232 g/mol. The van der Waals surface area contributed by atoms with E-state index in [9.17, 15) is 5.11 Å². The van der Waals surface area contributed by atoms with E-state index in [1.165, 1.54) is 32.1 Å². The van der Waals surface area contributed by atoms with E-state index in [0.29, 0.717) is 0 Å². The van der Waals surface area contributed by atoms with Crippen LogP contribution in [0.5, 0.6) is 0 Å². The number of rotatable bonds is 4. The van der Waals surface area contributed by atoms with Gasteiger partial charge in [0.05, 0.1) is 5.60 Å². The maximum absolute atomic E-state index is 9.85. The molecule has 4 rings (SSSR count). The topological polar surface area (TPSA) is 20.2 Å². The Balaban J connectivity index is 1.39. The molecule has 4 aliphatic carbocycles. The van der Waals surface area contributed by atoms with E-state index in [-0.39, 0.29) is 0 Å². The molecule has 4 aliphatic rings. The summed E-state index contributed by atoms with van der Waals surface area (Å²) in [6.45, 7) is 3.90. The summed E-state index contributed by atoms with van der Waals surface area (Å²) in [7, 11) is 0. The van der Waals surface area contributed by atoms with Crippen LogP contribution in [0.3, 0.4) is 0 Å². The van der Waals surface area contributed by atoms with Crippen molar-refractivity contribution in [2.24, 2.45) is 41.4 Å². The zero-order chi connectivity index (χ0) is 13.2. The number of aliphatic hydroxyl groups is 1. The van der Waals surface area contributed by atoms with Gasteiger partial charge in [0.25, 0.3) is 0 Å². The normalized spacial score (nSPS) is 50.2. The fourth-order valence-corrected chi connectivity index (χ4v) is 6.28. The summed E-state index contributed by atoms with van der Waals surface area (Å²) in [4.78, 5) is 0. The van der Waals surface area contributed by atoms with E-state index in [4.69, 9.17) is 0 Å². The van der Waals surface area contributed by atoms with Crippen LogP contribution in [-0.2, 0) is 0 Å². The average molecular weight is 260 g/mol. The van der Waals surface area contributed by atoms with Crippen LogP contribution >= 0.6 is 0 Å². The van der Waals surface area contributed by atoms with Crippen molar-refractivity contribution in [2.45, 2.75) is 58.0 Å². The first-order valence-electron chi connectivity index (χ1n) is 8.43. The summed E-state index contributed by atoms with van der Waals surface area (Å²) in [5.41, 5.74) is -0.463. The highest BCUT2D eigenvalue weighted by Gasteiger charge is 2.60. The summed E-state index contributed by atoms with van der Waals surface area (Å²) < 4.78 is 0. The van der Waals surface area contributed by atoms with E-state index in [0.717, 1.165) is 47.8 Å². The highest BCUT2D eigenvalue weighted by Crippen LogP contribution is 2.67. The molecule has 3 saturated carbocycles. The maximum Gasteiger partial charge on any atom is 0.0591 e. The van der Waals surface area contributed by atoms with Gasteiger partial charge in [-0.2, -0.15) is 0 Å². The van der Waals surface area contributed by atoms with Crippen molar-refractivity contribution in [3.63, 3.8) is 0 Å². The first-order chi connectivity index (χ1) is 9.03. The second kappa shape index (κ2) is 4.10. The van der Waals surface area contributed by atoms with E-state index in [2.05, 4.69) is 12.2 Å². The first kappa shape index (κ1) is 12.4. The zero-order valence-electron chi connectivity index (χ0n) is 12.4. The third-order valence-electron chi connectivity index (χ3n) is 6.77. The third-order valence-corrected chi connectivity index (χ3v) is 6.77. The molecule has 0 aromatic heterocycles. The van der Waals surface area contributed by atoms with Gasteiger partial charge in [0.2, 0.25) is 0 Å². The van der Waals surface area contributed by atoms with Crippen molar-refractivity contribution in [2.75, 3.05) is 0 Å². The Kier molecular flexibility index (Phi) is 2.68. The van der Waals surface area contributed by atoms with Crippen LogP contribution in [0.1, 0.15) is 52.4 Å². The Morgan fingerprint density at radius 3 is 2.53 bits per heavy atom. The summed E-state index contributed by atoms with van der Waals surface area (Å²) in [6.07, 6.45) is 13.2. The summed E-state index contributed by atoms with van der Waals surface area (Å²) >= 11 is 0. The molecule has 1 N–H and O–H groups in total. The maximum atomic E-state index is 9.85. The molecule has 0 aliphatic heterocycles. The Morgan fingerprint density at radius 1 is 1.05 bits per heavy atom. The van der Waals surface area contributed by atoms with Crippen molar-refractivity contribution in [1.29, 1.82) is 0 Å². The molecular formula is C18H28O. The van der Waals surface area contributed by atoms with Gasteiger partial charge in [-0.1, -0.05) is 25.0 Å². The van der Waals surface area contributed by atoms with Crippen LogP contribution in [0.2, 0.25) is 0 Å². The molecule has 7 unspecified atom stereocenters. The van der Waals surface area contributed by atoms with Gasteiger partial charge in [0.1, 0.15) is 0 Å². The Hall–Kier alpha value is -0.300. The molecule has 3 fully saturated rings. The predicted molar refractivity (Wildman–Crippen MR) is 77.6 cm³/mol. The largest absolute Gasteiger partial charge is 0.390 e. The van der Waals surface area contributed by atoms with Gasteiger partial charge in [0, 0.05) is 0 Å². The molecule has 106 valence electrons. The van der Waals surface area contributed by atoms with E-state index in [1.807, 2.05) is 13.8 Å². The monoisotopic (exact) mass is 260 g/mol. The van der Waals surface area contributed by atoms with Crippen LogP contribution in [0.25, 0.3) is 0 Å². The molecule has 0 aromatic rings. The summed E-state index contributed by atoms with van der Waals surface area (Å²) in [5, 5.41) is 9.85. The lowest BCUT2D eigenvalue weighted by Gasteiger charge is -2.37. The standard InChI is InChI=1S/C18H28O/c1-18(2,19)7-3-4-11-8-14-10-15(11)17-13-6-5-12(9-13)16(14)17/h5-6,11-17,19H,3-4,7-10H2,1-2H3. The van der Waals surface area contributed by atoms with E-state index in [1.54, 1.807) is 0 Å². The number of hydrogen-bond acceptors (Lipinski definition) is 1. The van der Waals surface area contributed by atoms with Gasteiger partial charge in [-0.25, -0.2) is 0 Å². The van der Waals surface area contributed by atoms with Crippen molar-refractivity contribution >= 4 is 0 Å². The van der Waals surface area contributed by atoms with E-state index < -0.39 is 5.60 Å². The average Bonchev–Trinajstić information content (AvgIpc) is 3.05. The second-order valence-electron chi connectivity index (χ2n) is 8.46. The molecule has 0 amide bonds. The molecule has 19 heavy (non-hydrogen) atoms. The lowest BCUT2D eigenvalue weighted by molar-refractivity contribution is 0.0629. The molecule has 7 atom stereocenters. The van der Waals surface area contributed by atoms with Gasteiger partial charge in [0.15, 0.2) is 0 Å². The van der Waals surface area contributed by atoms with Gasteiger partial charge >= 0.3 is 0 Å². The Labute approximate surface area is 117 Å². The lowest BCUT2D eigenvalue weighted by Crippen LogP contribution is -2.31. The van der Waals surface area contributed by atoms with Gasteiger partial charge in [-0.3, -0.25) is 0 Å². The minimum Gasteiger partial charge on any atom is -0.390 e. The molecule has 1 heteroatoms. The van der Waals surface area contributed by atoms with Crippen molar-refractivity contribution in [3.8, 4) is 0 Å². The fraction of sp³-hybridized carbons (Fsp3) is 0.889. The second-order valence-corrected chi connectivity index (χ2v) is 8.46. The van der Waals surface area contributed by atoms with Crippen molar-refractivity contribution < 1.29 is 5.11 Å². The zero-order valence-corrected chi connectivity index (χ0v) is 12.4. The molecule has 4 bridgehead atoms. The molecule has 0 heterocycles. The van der Waals surface area contributed by atoms with Crippen LogP contribution < -0.4 is 0 Å². The van der Waals surface area contributed by atoms with Crippen LogP contribution in [0.15, 0.2) is 12.2 Å². The molecule has 0 saturated heterocycles. The minimum atomic E-state index is -0.463. The van der Waals surface area contributed by atoms with Gasteiger partial charge in [-0.15, -0.1) is 0 Å². The predicted octanol–water partition coefficient (Wildman–Crippen LogP) is 4.02. The Bertz CT molecular complexity index is 391.